The molecule has 38 valence electrons. The molecular formula is C3H12N2P+. The highest BCUT2D eigenvalue weighted by atomic mass is 31.1. The fourth-order valence-corrected chi connectivity index (χ4v) is 0. The van der Waals surface area contributed by atoms with Crippen molar-refractivity contribution in [2.24, 2.45) is 5.50 Å². The Labute approximate surface area is 40.8 Å². The average Bonchev–Trinajstić information content (AvgIpc) is 1.35. The number of nitrogens with two attached hydrogens (primary N) is 1. The number of hydrogen-bond acceptors (Lipinski definition) is 1. The summed E-state index contributed by atoms with van der Waals surface area (Å²) in [6.45, 7) is 0. The van der Waals surface area contributed by atoms with E-state index in [1.807, 2.05) is 0 Å². The predicted octanol–water partition coefficient (Wildman–Crippen LogP) is 0.160. The highest BCUT2D eigenvalue weighted by molar-refractivity contribution is 7.28. The number of hydrogen-bond donors (Lipinski definition) is 1. The van der Waals surface area contributed by atoms with Gasteiger partial charge in [-0.15, -0.1) is 0 Å². The van der Waals surface area contributed by atoms with E-state index >= 15 is 0 Å². The molecule has 0 fully saturated rings. The van der Waals surface area contributed by atoms with Gasteiger partial charge in [-0.3, -0.25) is 5.50 Å². The average molecular weight is 107 g/mol. The van der Waals surface area contributed by atoms with Crippen molar-refractivity contribution in [3.05, 3.63) is 0 Å². The van der Waals surface area contributed by atoms with Crippen molar-refractivity contribution in [1.29, 1.82) is 0 Å². The molecule has 0 heterocycles. The van der Waals surface area contributed by atoms with Gasteiger partial charge in [0.2, 0.25) is 0 Å². The third-order valence-corrected chi connectivity index (χ3v) is 1.16. The molecule has 3 heteroatoms. The maximum absolute atomic E-state index is 5.31. The Morgan fingerprint density at radius 2 is 1.50 bits per heavy atom. The number of quaternary nitrogens is 1. The zero-order valence-electron chi connectivity index (χ0n) is 4.52. The Morgan fingerprint density at radius 3 is 1.50 bits per heavy atom. The lowest BCUT2D eigenvalue weighted by Crippen LogP contribution is -2.24. The number of rotatable bonds is 1. The second kappa shape index (κ2) is 1.87. The minimum atomic E-state index is 0.505. The summed E-state index contributed by atoms with van der Waals surface area (Å²) in [5.41, 5.74) is 5.31. The van der Waals surface area contributed by atoms with Crippen molar-refractivity contribution >= 4 is 8.88 Å². The molecule has 1 atom stereocenters. The van der Waals surface area contributed by atoms with Crippen LogP contribution in [0.25, 0.3) is 0 Å². The topological polar surface area (TPSA) is 26.0 Å². The molecule has 2 N–H and O–H groups in total. The highest BCUT2D eigenvalue weighted by Gasteiger charge is 1.99. The van der Waals surface area contributed by atoms with E-state index in [0.717, 1.165) is 4.25 Å². The van der Waals surface area contributed by atoms with Gasteiger partial charge in [0.05, 0.1) is 21.1 Å². The Hall–Kier alpha value is 0.350. The third-order valence-electron chi connectivity index (χ3n) is 0.387. The highest BCUT2D eigenvalue weighted by Crippen LogP contribution is 2.09. The molecule has 0 aromatic carbocycles. The molecule has 0 spiro atoms. The van der Waals surface area contributed by atoms with Crippen LogP contribution in [0.3, 0.4) is 0 Å². The lowest BCUT2D eigenvalue weighted by atomic mass is 11.0. The first kappa shape index (κ1) is 6.35. The van der Waals surface area contributed by atoms with E-state index in [4.69, 9.17) is 5.50 Å². The summed E-state index contributed by atoms with van der Waals surface area (Å²) in [6, 6.07) is 0. The smallest absolute Gasteiger partial charge is 0.164 e. The van der Waals surface area contributed by atoms with Gasteiger partial charge in [0.15, 0.2) is 8.88 Å². The van der Waals surface area contributed by atoms with E-state index in [2.05, 4.69) is 21.1 Å². The standard InChI is InChI=1S/C3H12N2P/c1-5(2,3)6-4/h6H,4H2,1-3H3/q+1. The van der Waals surface area contributed by atoms with Gasteiger partial charge in [0, 0.05) is 0 Å². The van der Waals surface area contributed by atoms with Crippen LogP contribution >= 0.6 is 8.88 Å². The van der Waals surface area contributed by atoms with Crippen molar-refractivity contribution in [2.45, 2.75) is 0 Å². The second-order valence-electron chi connectivity index (χ2n) is 2.14. The van der Waals surface area contributed by atoms with Gasteiger partial charge in [-0.05, 0) is 0 Å². The van der Waals surface area contributed by atoms with E-state index < -0.39 is 0 Å². The minimum absolute atomic E-state index is 0.505. The number of nitrogens with zero attached hydrogens (tertiary/aromatic N) is 1. The predicted molar refractivity (Wildman–Crippen MR) is 30.5 cm³/mol. The zero-order valence-corrected chi connectivity index (χ0v) is 5.52. The summed E-state index contributed by atoms with van der Waals surface area (Å²) >= 11 is 0. The SMILES string of the molecule is C[N+](C)(C)PN. The second-order valence-corrected chi connectivity index (χ2v) is 3.74. The molecular weight excluding hydrogens is 95.0 g/mol. The first-order valence-corrected chi connectivity index (χ1v) is 2.88. The van der Waals surface area contributed by atoms with Crippen LogP contribution in [0.15, 0.2) is 0 Å². The minimum Gasteiger partial charge on any atom is -0.307 e. The molecule has 0 saturated carbocycles. The Balaban J connectivity index is 3.17. The molecule has 0 aromatic heterocycles. The zero-order chi connectivity index (χ0) is 5.21. The summed E-state index contributed by atoms with van der Waals surface area (Å²) < 4.78 is 0.875. The van der Waals surface area contributed by atoms with E-state index in [1.54, 1.807) is 0 Å². The molecule has 0 amide bonds. The van der Waals surface area contributed by atoms with Crippen LogP contribution in [-0.2, 0) is 0 Å². The summed E-state index contributed by atoms with van der Waals surface area (Å²) in [5.74, 6) is 0. The first-order chi connectivity index (χ1) is 2.56. The van der Waals surface area contributed by atoms with E-state index in [1.165, 1.54) is 0 Å². The lowest BCUT2D eigenvalue weighted by molar-refractivity contribution is -0.735. The van der Waals surface area contributed by atoms with Crippen LogP contribution in [0.1, 0.15) is 0 Å². The van der Waals surface area contributed by atoms with Crippen molar-refractivity contribution < 1.29 is 4.25 Å². The molecule has 0 aliphatic heterocycles. The molecule has 0 aliphatic rings. The summed E-state index contributed by atoms with van der Waals surface area (Å²) in [5, 5.41) is 0. The van der Waals surface area contributed by atoms with Crippen LogP contribution in [0, 0.1) is 0 Å². The Morgan fingerprint density at radius 1 is 1.33 bits per heavy atom. The molecule has 1 unspecified atom stereocenters. The van der Waals surface area contributed by atoms with Crippen molar-refractivity contribution in [3.8, 4) is 0 Å². The molecule has 0 aromatic rings. The van der Waals surface area contributed by atoms with Gasteiger partial charge in [-0.1, -0.05) is 0 Å². The quantitative estimate of drug-likeness (QED) is 0.474. The largest absolute Gasteiger partial charge is 0.307 e. The summed E-state index contributed by atoms with van der Waals surface area (Å²) in [4.78, 5) is 0. The normalized spacial score (nSPS) is 14.0. The summed E-state index contributed by atoms with van der Waals surface area (Å²) in [6.07, 6.45) is 0. The van der Waals surface area contributed by atoms with E-state index in [0.29, 0.717) is 8.88 Å². The molecule has 2 nitrogen and oxygen atoms in total. The lowest BCUT2D eigenvalue weighted by Gasteiger charge is -2.18. The van der Waals surface area contributed by atoms with E-state index in [9.17, 15) is 0 Å². The van der Waals surface area contributed by atoms with Gasteiger partial charge >= 0.3 is 0 Å². The maximum atomic E-state index is 5.31. The molecule has 0 aliphatic carbocycles. The van der Waals surface area contributed by atoms with Crippen LogP contribution in [-0.4, -0.2) is 25.4 Å². The van der Waals surface area contributed by atoms with Gasteiger partial charge in [0.25, 0.3) is 0 Å². The van der Waals surface area contributed by atoms with Gasteiger partial charge in [0.1, 0.15) is 0 Å². The fraction of sp³-hybridized carbons (Fsp3) is 1.00. The van der Waals surface area contributed by atoms with Crippen LogP contribution < -0.4 is 5.50 Å². The van der Waals surface area contributed by atoms with Crippen molar-refractivity contribution in [2.75, 3.05) is 21.1 Å². The van der Waals surface area contributed by atoms with E-state index in [-0.39, 0.29) is 0 Å². The molecule has 0 radical (unpaired) electrons. The maximum Gasteiger partial charge on any atom is 0.164 e. The van der Waals surface area contributed by atoms with Crippen LogP contribution in [0.4, 0.5) is 0 Å². The molecule has 0 bridgehead atoms. The summed E-state index contributed by atoms with van der Waals surface area (Å²) in [7, 11) is 6.71. The fourth-order valence-electron chi connectivity index (χ4n) is 0. The third kappa shape index (κ3) is 4.35. The Bertz CT molecular complexity index is 38.5. The molecule has 0 saturated heterocycles. The van der Waals surface area contributed by atoms with Gasteiger partial charge in [-0.25, -0.2) is 0 Å². The van der Waals surface area contributed by atoms with Crippen molar-refractivity contribution in [3.63, 3.8) is 0 Å². The van der Waals surface area contributed by atoms with Crippen LogP contribution in [0.5, 0.6) is 0 Å². The van der Waals surface area contributed by atoms with Gasteiger partial charge in [-0.2, -0.15) is 0 Å². The van der Waals surface area contributed by atoms with Crippen molar-refractivity contribution in [1.82, 2.24) is 0 Å². The first-order valence-electron chi connectivity index (χ1n) is 1.85. The Kier molecular flexibility index (Phi) is 1.98. The monoisotopic (exact) mass is 107 g/mol. The van der Waals surface area contributed by atoms with Crippen LogP contribution in [0.2, 0.25) is 0 Å². The van der Waals surface area contributed by atoms with Gasteiger partial charge < -0.3 is 4.25 Å². The molecule has 6 heavy (non-hydrogen) atoms. The molecule has 0 rings (SSSR count).